The molecule has 0 saturated carbocycles. The van der Waals surface area contributed by atoms with Gasteiger partial charge < -0.3 is 9.32 Å². The summed E-state index contributed by atoms with van der Waals surface area (Å²) in [7, 11) is 0. The molecule has 25 heavy (non-hydrogen) atoms. The number of furan rings is 1. The van der Waals surface area contributed by atoms with Crippen LogP contribution in [-0.4, -0.2) is 15.8 Å². The van der Waals surface area contributed by atoms with Gasteiger partial charge in [-0.15, -0.1) is 11.3 Å². The molecule has 3 heterocycles. The van der Waals surface area contributed by atoms with Crippen molar-refractivity contribution in [3.8, 4) is 0 Å². The lowest BCUT2D eigenvalue weighted by Gasteiger charge is -2.22. The number of hydrogen-bond acceptors (Lipinski definition) is 4. The Morgan fingerprint density at radius 2 is 2.08 bits per heavy atom. The second-order valence-electron chi connectivity index (χ2n) is 6.34. The smallest absolute Gasteiger partial charge is 0.264 e. The Balaban J connectivity index is 1.62. The van der Waals surface area contributed by atoms with Crippen molar-refractivity contribution in [3.63, 3.8) is 0 Å². The predicted molar refractivity (Wildman–Crippen MR) is 97.5 cm³/mol. The highest BCUT2D eigenvalue weighted by Crippen LogP contribution is 2.31. The first-order valence-electron chi connectivity index (χ1n) is 8.62. The van der Waals surface area contributed by atoms with Crippen LogP contribution < -0.4 is 0 Å². The van der Waals surface area contributed by atoms with Gasteiger partial charge >= 0.3 is 0 Å². The van der Waals surface area contributed by atoms with Crippen LogP contribution >= 0.6 is 11.3 Å². The van der Waals surface area contributed by atoms with Gasteiger partial charge in [0.05, 0.1) is 29.9 Å². The molecule has 0 unspecified atom stereocenters. The molecule has 128 valence electrons. The number of carbonyl (C=O) groups excluding carboxylic acids is 1. The van der Waals surface area contributed by atoms with Gasteiger partial charge in [-0.2, -0.15) is 0 Å². The third-order valence-corrected chi connectivity index (χ3v) is 5.65. The molecule has 4 rings (SSSR count). The first-order valence-corrected chi connectivity index (χ1v) is 9.50. The molecule has 4 nitrogen and oxygen atoms in total. The van der Waals surface area contributed by atoms with E-state index in [9.17, 15) is 4.79 Å². The Bertz CT molecular complexity index is 840. The molecule has 1 aliphatic rings. The molecule has 0 bridgehead atoms. The standard InChI is InChI=1S/C20H20N2O2S/c23-20(19-18-9-2-1-6-15(18)14-25-19)22(13-17-8-5-11-24-17)12-16-7-3-4-10-21-16/h3-5,7-8,10-11,14H,1-2,6,9,12-13H2. The molecule has 1 aliphatic carbocycles. The Hall–Kier alpha value is -2.40. The summed E-state index contributed by atoms with van der Waals surface area (Å²) >= 11 is 1.58. The second-order valence-corrected chi connectivity index (χ2v) is 7.22. The molecule has 3 aromatic heterocycles. The summed E-state index contributed by atoms with van der Waals surface area (Å²) in [5.74, 6) is 0.866. The normalized spacial score (nSPS) is 13.4. The summed E-state index contributed by atoms with van der Waals surface area (Å²) in [6.45, 7) is 0.933. The number of hydrogen-bond donors (Lipinski definition) is 0. The molecular formula is C20H20N2O2S. The van der Waals surface area contributed by atoms with E-state index in [2.05, 4.69) is 10.4 Å². The van der Waals surface area contributed by atoms with Crippen molar-refractivity contribution in [3.05, 3.63) is 75.6 Å². The number of pyridine rings is 1. The van der Waals surface area contributed by atoms with E-state index >= 15 is 0 Å². The van der Waals surface area contributed by atoms with Gasteiger partial charge in [0, 0.05) is 6.20 Å². The fourth-order valence-corrected chi connectivity index (χ4v) is 4.45. The molecule has 0 aromatic carbocycles. The molecule has 0 fully saturated rings. The van der Waals surface area contributed by atoms with Crippen LogP contribution in [0, 0.1) is 0 Å². The predicted octanol–water partition coefficient (Wildman–Crippen LogP) is 4.46. The van der Waals surface area contributed by atoms with Crippen molar-refractivity contribution in [1.82, 2.24) is 9.88 Å². The van der Waals surface area contributed by atoms with Crippen LogP contribution in [0.25, 0.3) is 0 Å². The molecule has 0 saturated heterocycles. The highest BCUT2D eigenvalue weighted by atomic mass is 32.1. The number of thiophene rings is 1. The van der Waals surface area contributed by atoms with Crippen LogP contribution in [0.4, 0.5) is 0 Å². The number of amides is 1. The van der Waals surface area contributed by atoms with Gasteiger partial charge in [-0.3, -0.25) is 9.78 Å². The maximum absolute atomic E-state index is 13.3. The van der Waals surface area contributed by atoms with Gasteiger partial charge in [-0.1, -0.05) is 6.07 Å². The Morgan fingerprint density at radius 3 is 2.88 bits per heavy atom. The van der Waals surface area contributed by atoms with Crippen LogP contribution in [0.1, 0.15) is 45.1 Å². The molecule has 0 N–H and O–H groups in total. The highest BCUT2D eigenvalue weighted by molar-refractivity contribution is 7.12. The second kappa shape index (κ2) is 7.23. The SMILES string of the molecule is O=C(c1scc2c1CCCC2)N(Cc1ccccn1)Cc1ccco1. The quantitative estimate of drug-likeness (QED) is 0.681. The molecule has 0 spiro atoms. The van der Waals surface area contributed by atoms with E-state index in [0.717, 1.165) is 29.2 Å². The Kier molecular flexibility index (Phi) is 4.65. The Morgan fingerprint density at radius 1 is 1.16 bits per heavy atom. The third kappa shape index (κ3) is 3.51. The van der Waals surface area contributed by atoms with Crippen LogP contribution in [-0.2, 0) is 25.9 Å². The molecular weight excluding hydrogens is 332 g/mol. The molecule has 0 atom stereocenters. The fourth-order valence-electron chi connectivity index (χ4n) is 3.32. The average Bonchev–Trinajstić information content (AvgIpc) is 3.31. The third-order valence-electron chi connectivity index (χ3n) is 4.59. The number of fused-ring (bicyclic) bond motifs is 1. The van der Waals surface area contributed by atoms with Gasteiger partial charge in [0.2, 0.25) is 0 Å². The fraction of sp³-hybridized carbons (Fsp3) is 0.300. The van der Waals surface area contributed by atoms with E-state index in [1.807, 2.05) is 35.2 Å². The zero-order valence-electron chi connectivity index (χ0n) is 14.0. The lowest BCUT2D eigenvalue weighted by atomic mass is 9.93. The minimum Gasteiger partial charge on any atom is -0.467 e. The van der Waals surface area contributed by atoms with Crippen LogP contribution in [0.2, 0.25) is 0 Å². The zero-order chi connectivity index (χ0) is 17.1. The topological polar surface area (TPSA) is 46.3 Å². The lowest BCUT2D eigenvalue weighted by Crippen LogP contribution is -2.30. The van der Waals surface area contributed by atoms with E-state index in [0.29, 0.717) is 13.1 Å². The van der Waals surface area contributed by atoms with E-state index in [4.69, 9.17) is 4.42 Å². The number of aromatic nitrogens is 1. The summed E-state index contributed by atoms with van der Waals surface area (Å²) in [5.41, 5.74) is 3.50. The molecule has 0 radical (unpaired) electrons. The first kappa shape index (κ1) is 16.1. The van der Waals surface area contributed by atoms with E-state index in [1.54, 1.807) is 23.8 Å². The molecule has 0 aliphatic heterocycles. The Labute approximate surface area is 151 Å². The van der Waals surface area contributed by atoms with Gasteiger partial charge in [0.15, 0.2) is 0 Å². The maximum atomic E-state index is 13.3. The lowest BCUT2D eigenvalue weighted by molar-refractivity contribution is 0.0719. The van der Waals surface area contributed by atoms with Crippen molar-refractivity contribution in [1.29, 1.82) is 0 Å². The van der Waals surface area contributed by atoms with Crippen LogP contribution in [0.15, 0.2) is 52.6 Å². The number of rotatable bonds is 5. The van der Waals surface area contributed by atoms with Crippen molar-refractivity contribution in [2.24, 2.45) is 0 Å². The van der Waals surface area contributed by atoms with E-state index in [-0.39, 0.29) is 5.91 Å². The van der Waals surface area contributed by atoms with Crippen molar-refractivity contribution in [2.45, 2.75) is 38.8 Å². The summed E-state index contributed by atoms with van der Waals surface area (Å²) in [6, 6.07) is 9.55. The minimum atomic E-state index is 0.0789. The first-order chi connectivity index (χ1) is 12.3. The van der Waals surface area contributed by atoms with Gasteiger partial charge in [0.25, 0.3) is 5.91 Å². The molecule has 5 heteroatoms. The summed E-state index contributed by atoms with van der Waals surface area (Å²) in [6.07, 6.45) is 7.91. The number of carbonyl (C=O) groups is 1. The molecule has 3 aromatic rings. The highest BCUT2D eigenvalue weighted by Gasteiger charge is 2.25. The van der Waals surface area contributed by atoms with E-state index in [1.165, 1.54) is 24.0 Å². The zero-order valence-corrected chi connectivity index (χ0v) is 14.8. The van der Waals surface area contributed by atoms with Crippen LogP contribution in [0.5, 0.6) is 0 Å². The van der Waals surface area contributed by atoms with Crippen molar-refractivity contribution < 1.29 is 9.21 Å². The largest absolute Gasteiger partial charge is 0.467 e. The van der Waals surface area contributed by atoms with E-state index < -0.39 is 0 Å². The number of nitrogens with zero attached hydrogens (tertiary/aromatic N) is 2. The van der Waals surface area contributed by atoms with Crippen molar-refractivity contribution >= 4 is 17.2 Å². The maximum Gasteiger partial charge on any atom is 0.264 e. The monoisotopic (exact) mass is 352 g/mol. The average molecular weight is 352 g/mol. The summed E-state index contributed by atoms with van der Waals surface area (Å²) in [5, 5.41) is 2.16. The molecule has 1 amide bonds. The number of aryl methyl sites for hydroxylation is 1. The summed E-state index contributed by atoms with van der Waals surface area (Å²) in [4.78, 5) is 20.4. The van der Waals surface area contributed by atoms with Gasteiger partial charge in [-0.05, 0) is 66.5 Å². The van der Waals surface area contributed by atoms with Gasteiger partial charge in [-0.25, -0.2) is 0 Å². The van der Waals surface area contributed by atoms with Gasteiger partial charge in [0.1, 0.15) is 5.76 Å². The van der Waals surface area contributed by atoms with Crippen molar-refractivity contribution in [2.75, 3.05) is 0 Å². The van der Waals surface area contributed by atoms with Crippen LogP contribution in [0.3, 0.4) is 0 Å². The summed E-state index contributed by atoms with van der Waals surface area (Å²) < 4.78 is 5.47. The minimum absolute atomic E-state index is 0.0789.